The summed E-state index contributed by atoms with van der Waals surface area (Å²) in [5.74, 6) is 1.09. The summed E-state index contributed by atoms with van der Waals surface area (Å²) in [5, 5.41) is 10.6. The first-order chi connectivity index (χ1) is 8.12. The highest BCUT2D eigenvalue weighted by atomic mass is 16.3. The summed E-state index contributed by atoms with van der Waals surface area (Å²) < 4.78 is 0. The highest BCUT2D eigenvalue weighted by Gasteiger charge is 2.40. The lowest BCUT2D eigenvalue weighted by Crippen LogP contribution is -2.43. The predicted octanol–water partition coefficient (Wildman–Crippen LogP) is 3.47. The quantitative estimate of drug-likeness (QED) is 0.748. The Balaban J connectivity index is 1.97. The van der Waals surface area contributed by atoms with Crippen molar-refractivity contribution in [2.75, 3.05) is 0 Å². The highest BCUT2D eigenvalue weighted by molar-refractivity contribution is 5.89. The van der Waals surface area contributed by atoms with Crippen LogP contribution in [-0.2, 0) is 4.79 Å². The minimum atomic E-state index is -0.970. The lowest BCUT2D eigenvalue weighted by molar-refractivity contribution is -0.144. The number of carbonyl (C=O) groups is 1. The van der Waals surface area contributed by atoms with E-state index in [0.29, 0.717) is 12.8 Å². The number of carbonyl (C=O) groups excluding carboxylic acids is 1. The second-order valence-electron chi connectivity index (χ2n) is 6.27. The van der Waals surface area contributed by atoms with Crippen LogP contribution >= 0.6 is 0 Å². The molecule has 2 aliphatic rings. The Morgan fingerprint density at radius 1 is 1.00 bits per heavy atom. The molecule has 1 N–H and O–H groups in total. The van der Waals surface area contributed by atoms with Crippen LogP contribution < -0.4 is 0 Å². The van der Waals surface area contributed by atoms with E-state index < -0.39 is 5.60 Å². The van der Waals surface area contributed by atoms with Crippen molar-refractivity contribution in [3.05, 3.63) is 0 Å². The molecular formula is C15H26O2. The molecular weight excluding hydrogens is 212 g/mol. The van der Waals surface area contributed by atoms with Crippen LogP contribution in [0.2, 0.25) is 0 Å². The van der Waals surface area contributed by atoms with E-state index in [4.69, 9.17) is 0 Å². The average molecular weight is 238 g/mol. The largest absolute Gasteiger partial charge is 0.382 e. The van der Waals surface area contributed by atoms with Crippen LogP contribution in [0.15, 0.2) is 0 Å². The van der Waals surface area contributed by atoms with Crippen molar-refractivity contribution in [1.29, 1.82) is 0 Å². The van der Waals surface area contributed by atoms with Gasteiger partial charge in [0.15, 0.2) is 5.78 Å². The van der Waals surface area contributed by atoms with E-state index in [1.807, 2.05) is 0 Å². The zero-order valence-corrected chi connectivity index (χ0v) is 11.1. The minimum Gasteiger partial charge on any atom is -0.382 e. The van der Waals surface area contributed by atoms with Gasteiger partial charge in [-0.1, -0.05) is 45.4 Å². The molecule has 0 unspecified atom stereocenters. The average Bonchev–Trinajstić information content (AvgIpc) is 2.55. The van der Waals surface area contributed by atoms with Crippen molar-refractivity contribution in [2.24, 2.45) is 11.8 Å². The van der Waals surface area contributed by atoms with Gasteiger partial charge in [0.1, 0.15) is 5.60 Å². The van der Waals surface area contributed by atoms with Crippen molar-refractivity contribution in [3.63, 3.8) is 0 Å². The first-order valence-electron chi connectivity index (χ1n) is 7.38. The van der Waals surface area contributed by atoms with Crippen LogP contribution in [0.3, 0.4) is 0 Å². The lowest BCUT2D eigenvalue weighted by atomic mass is 9.74. The Morgan fingerprint density at radius 2 is 1.53 bits per heavy atom. The topological polar surface area (TPSA) is 37.3 Å². The van der Waals surface area contributed by atoms with E-state index in [0.717, 1.165) is 44.4 Å². The van der Waals surface area contributed by atoms with Crippen LogP contribution in [0.25, 0.3) is 0 Å². The molecule has 2 heteroatoms. The predicted molar refractivity (Wildman–Crippen MR) is 68.8 cm³/mol. The molecule has 98 valence electrons. The molecule has 0 atom stereocenters. The maximum atomic E-state index is 12.5. The SMILES string of the molecule is CC1CCC(C(=O)C2(O)CCCCCC2)CC1. The summed E-state index contributed by atoms with van der Waals surface area (Å²) in [5.41, 5.74) is -0.970. The van der Waals surface area contributed by atoms with Crippen molar-refractivity contribution >= 4 is 5.78 Å². The molecule has 0 aromatic rings. The summed E-state index contributed by atoms with van der Waals surface area (Å²) in [7, 11) is 0. The molecule has 2 fully saturated rings. The number of Topliss-reactive ketones (excluding diaryl/α,β-unsaturated/α-hetero) is 1. The fourth-order valence-corrected chi connectivity index (χ4v) is 3.46. The van der Waals surface area contributed by atoms with Crippen LogP contribution in [0.5, 0.6) is 0 Å². The zero-order chi connectivity index (χ0) is 12.3. The third kappa shape index (κ3) is 3.09. The Labute approximate surface area is 105 Å². The smallest absolute Gasteiger partial charge is 0.167 e. The summed E-state index contributed by atoms with van der Waals surface area (Å²) >= 11 is 0. The monoisotopic (exact) mass is 238 g/mol. The van der Waals surface area contributed by atoms with Crippen LogP contribution in [-0.4, -0.2) is 16.5 Å². The van der Waals surface area contributed by atoms with E-state index in [-0.39, 0.29) is 11.7 Å². The van der Waals surface area contributed by atoms with E-state index in [9.17, 15) is 9.90 Å². The van der Waals surface area contributed by atoms with Gasteiger partial charge in [-0.15, -0.1) is 0 Å². The number of hydrogen-bond donors (Lipinski definition) is 1. The van der Waals surface area contributed by atoms with Gasteiger partial charge in [0.2, 0.25) is 0 Å². The van der Waals surface area contributed by atoms with Gasteiger partial charge in [0.05, 0.1) is 0 Å². The summed E-state index contributed by atoms with van der Waals surface area (Å²) in [6.07, 6.45) is 10.1. The maximum absolute atomic E-state index is 12.5. The van der Waals surface area contributed by atoms with Gasteiger partial charge in [-0.3, -0.25) is 4.79 Å². The maximum Gasteiger partial charge on any atom is 0.167 e. The molecule has 0 saturated heterocycles. The third-order valence-corrected chi connectivity index (χ3v) is 4.78. The fraction of sp³-hybridized carbons (Fsp3) is 0.933. The Morgan fingerprint density at radius 3 is 2.06 bits per heavy atom. The van der Waals surface area contributed by atoms with Crippen LogP contribution in [0, 0.1) is 11.8 Å². The third-order valence-electron chi connectivity index (χ3n) is 4.78. The van der Waals surface area contributed by atoms with Gasteiger partial charge < -0.3 is 5.11 Å². The Hall–Kier alpha value is -0.370. The fourth-order valence-electron chi connectivity index (χ4n) is 3.46. The standard InChI is InChI=1S/C15H26O2/c1-12-6-8-13(9-7-12)14(16)15(17)10-4-2-3-5-11-15/h12-13,17H,2-11H2,1H3. The number of rotatable bonds is 2. The molecule has 2 aliphatic carbocycles. The van der Waals surface area contributed by atoms with E-state index in [1.165, 1.54) is 12.8 Å². The van der Waals surface area contributed by atoms with Gasteiger partial charge in [-0.2, -0.15) is 0 Å². The molecule has 0 aliphatic heterocycles. The first-order valence-corrected chi connectivity index (χ1v) is 7.38. The van der Waals surface area contributed by atoms with Crippen molar-refractivity contribution < 1.29 is 9.90 Å². The molecule has 2 saturated carbocycles. The van der Waals surface area contributed by atoms with Gasteiger partial charge in [0.25, 0.3) is 0 Å². The van der Waals surface area contributed by atoms with Gasteiger partial charge in [-0.05, 0) is 31.6 Å². The zero-order valence-electron chi connectivity index (χ0n) is 11.1. The second-order valence-corrected chi connectivity index (χ2v) is 6.27. The van der Waals surface area contributed by atoms with E-state index >= 15 is 0 Å². The lowest BCUT2D eigenvalue weighted by Gasteiger charge is -2.33. The Kier molecular flexibility index (Phi) is 4.24. The number of aliphatic hydroxyl groups is 1. The molecule has 0 heterocycles. The van der Waals surface area contributed by atoms with Gasteiger partial charge in [-0.25, -0.2) is 0 Å². The Bertz CT molecular complexity index is 256. The molecule has 0 amide bonds. The number of hydrogen-bond acceptors (Lipinski definition) is 2. The molecule has 17 heavy (non-hydrogen) atoms. The van der Waals surface area contributed by atoms with Gasteiger partial charge >= 0.3 is 0 Å². The van der Waals surface area contributed by atoms with Crippen molar-refractivity contribution in [2.45, 2.75) is 76.7 Å². The molecule has 0 spiro atoms. The van der Waals surface area contributed by atoms with Gasteiger partial charge in [0, 0.05) is 5.92 Å². The molecule has 0 aromatic heterocycles. The second kappa shape index (κ2) is 5.51. The summed E-state index contributed by atoms with van der Waals surface area (Å²) in [6.45, 7) is 2.26. The van der Waals surface area contributed by atoms with Crippen LogP contribution in [0.1, 0.15) is 71.1 Å². The van der Waals surface area contributed by atoms with E-state index in [1.54, 1.807) is 0 Å². The molecule has 0 bridgehead atoms. The van der Waals surface area contributed by atoms with Crippen molar-refractivity contribution in [1.82, 2.24) is 0 Å². The van der Waals surface area contributed by atoms with E-state index in [2.05, 4.69) is 6.92 Å². The molecule has 0 aromatic carbocycles. The summed E-state index contributed by atoms with van der Waals surface area (Å²) in [6, 6.07) is 0. The minimum absolute atomic E-state index is 0.147. The van der Waals surface area contributed by atoms with Crippen LogP contribution in [0.4, 0.5) is 0 Å². The number of ketones is 1. The summed E-state index contributed by atoms with van der Waals surface area (Å²) in [4.78, 5) is 12.5. The molecule has 2 rings (SSSR count). The molecule has 0 radical (unpaired) electrons. The van der Waals surface area contributed by atoms with Crippen molar-refractivity contribution in [3.8, 4) is 0 Å². The first kappa shape index (κ1) is 13.1. The highest BCUT2D eigenvalue weighted by Crippen LogP contribution is 2.36. The molecule has 2 nitrogen and oxygen atoms in total. The normalized spacial score (nSPS) is 34.0.